The Balaban J connectivity index is 2.21. The van der Waals surface area contributed by atoms with Crippen molar-refractivity contribution < 1.29 is 14.3 Å². The van der Waals surface area contributed by atoms with E-state index in [0.29, 0.717) is 17.2 Å². The van der Waals surface area contributed by atoms with Crippen LogP contribution in [0.2, 0.25) is 0 Å². The predicted octanol–water partition coefficient (Wildman–Crippen LogP) is 3.74. The zero-order chi connectivity index (χ0) is 17.0. The van der Waals surface area contributed by atoms with Gasteiger partial charge in [0.1, 0.15) is 5.00 Å². The van der Waals surface area contributed by atoms with Crippen molar-refractivity contribution in [2.24, 2.45) is 0 Å². The van der Waals surface area contributed by atoms with Crippen LogP contribution < -0.4 is 5.32 Å². The van der Waals surface area contributed by atoms with Crippen LogP contribution in [0.25, 0.3) is 0 Å². The second kappa shape index (κ2) is 7.70. The van der Waals surface area contributed by atoms with Crippen molar-refractivity contribution in [3.8, 4) is 0 Å². The molecule has 0 unspecified atom stereocenters. The highest BCUT2D eigenvalue weighted by molar-refractivity contribution is 7.16. The highest BCUT2D eigenvalue weighted by atomic mass is 32.1. The Morgan fingerprint density at radius 1 is 1.30 bits per heavy atom. The average molecular weight is 352 g/mol. The van der Waals surface area contributed by atoms with Crippen LogP contribution in [-0.2, 0) is 22.4 Å². The fourth-order valence-corrected chi connectivity index (χ4v) is 4.10. The van der Waals surface area contributed by atoms with Gasteiger partial charge < -0.3 is 10.1 Å². The first-order valence-electron chi connectivity index (χ1n) is 7.46. The molecule has 2 aromatic heterocycles. The molecule has 0 saturated carbocycles. The molecule has 5 nitrogen and oxygen atoms in total. The van der Waals surface area contributed by atoms with E-state index in [4.69, 9.17) is 4.74 Å². The fourth-order valence-electron chi connectivity index (χ4n) is 2.34. The Hall–Kier alpha value is -1.73. The van der Waals surface area contributed by atoms with Crippen molar-refractivity contribution in [3.05, 3.63) is 32.1 Å². The largest absolute Gasteiger partial charge is 0.462 e. The van der Waals surface area contributed by atoms with Gasteiger partial charge in [-0.2, -0.15) is 0 Å². The zero-order valence-corrected chi connectivity index (χ0v) is 15.3. The van der Waals surface area contributed by atoms with E-state index < -0.39 is 0 Å². The number of aromatic nitrogens is 1. The summed E-state index contributed by atoms with van der Waals surface area (Å²) < 4.78 is 5.13. The molecule has 0 radical (unpaired) electrons. The monoisotopic (exact) mass is 352 g/mol. The van der Waals surface area contributed by atoms with Crippen molar-refractivity contribution in [1.29, 1.82) is 0 Å². The number of hydrogen-bond acceptors (Lipinski definition) is 6. The molecule has 1 N–H and O–H groups in total. The lowest BCUT2D eigenvalue weighted by molar-refractivity contribution is -0.115. The molecular formula is C16H20N2O3S2. The highest BCUT2D eigenvalue weighted by Crippen LogP contribution is 2.34. The van der Waals surface area contributed by atoms with Crippen molar-refractivity contribution in [3.63, 3.8) is 0 Å². The lowest BCUT2D eigenvalue weighted by atomic mass is 10.1. The van der Waals surface area contributed by atoms with E-state index in [-0.39, 0.29) is 18.3 Å². The predicted molar refractivity (Wildman–Crippen MR) is 93.6 cm³/mol. The number of esters is 1. The van der Waals surface area contributed by atoms with E-state index in [1.807, 2.05) is 26.2 Å². The summed E-state index contributed by atoms with van der Waals surface area (Å²) in [6.07, 6.45) is 0.919. The van der Waals surface area contributed by atoms with Crippen LogP contribution in [0.15, 0.2) is 5.38 Å². The third-order valence-electron chi connectivity index (χ3n) is 3.30. The number of rotatable bonds is 6. The van der Waals surface area contributed by atoms with Crippen LogP contribution in [0.3, 0.4) is 0 Å². The SMILES string of the molecule is CCOC(=O)c1c(NC(=O)Cc2csc(C)n2)sc(C)c1CC. The van der Waals surface area contributed by atoms with Crippen LogP contribution in [0, 0.1) is 13.8 Å². The molecule has 0 aliphatic carbocycles. The summed E-state index contributed by atoms with van der Waals surface area (Å²) in [5, 5.41) is 6.22. The standard InChI is InChI=1S/C16H20N2O3S2/c1-5-12-9(3)23-15(14(12)16(20)21-6-2)18-13(19)7-11-8-22-10(4)17-11/h8H,5-7H2,1-4H3,(H,18,19). The van der Waals surface area contributed by atoms with Gasteiger partial charge in [-0.3, -0.25) is 4.79 Å². The fraction of sp³-hybridized carbons (Fsp3) is 0.438. The molecule has 1 amide bonds. The van der Waals surface area contributed by atoms with Crippen LogP contribution in [0.1, 0.15) is 45.3 Å². The van der Waals surface area contributed by atoms with Gasteiger partial charge in [-0.1, -0.05) is 6.92 Å². The summed E-state index contributed by atoms with van der Waals surface area (Å²) in [5.41, 5.74) is 2.17. The Morgan fingerprint density at radius 2 is 2.04 bits per heavy atom. The van der Waals surface area contributed by atoms with Crippen LogP contribution in [0.5, 0.6) is 0 Å². The molecule has 0 aromatic carbocycles. The van der Waals surface area contributed by atoms with Crippen LogP contribution in [-0.4, -0.2) is 23.5 Å². The summed E-state index contributed by atoms with van der Waals surface area (Å²) in [6.45, 7) is 7.92. The minimum absolute atomic E-state index is 0.176. The average Bonchev–Trinajstić information content (AvgIpc) is 3.02. The first-order chi connectivity index (χ1) is 11.0. The van der Waals surface area contributed by atoms with E-state index in [1.165, 1.54) is 22.7 Å². The first kappa shape index (κ1) is 17.6. The minimum atomic E-state index is -0.381. The molecule has 124 valence electrons. The molecule has 2 rings (SSSR count). The number of anilines is 1. The van der Waals surface area contributed by atoms with Gasteiger partial charge in [0, 0.05) is 10.3 Å². The number of nitrogens with zero attached hydrogens (tertiary/aromatic N) is 1. The molecule has 0 fully saturated rings. The summed E-state index contributed by atoms with van der Waals surface area (Å²) in [6, 6.07) is 0. The van der Waals surface area contributed by atoms with E-state index >= 15 is 0 Å². The molecule has 7 heteroatoms. The quantitative estimate of drug-likeness (QED) is 0.804. The van der Waals surface area contributed by atoms with Crippen molar-refractivity contribution in [2.75, 3.05) is 11.9 Å². The number of carbonyl (C=O) groups is 2. The summed E-state index contributed by atoms with van der Waals surface area (Å²) >= 11 is 2.93. The van der Waals surface area contributed by atoms with E-state index in [9.17, 15) is 9.59 Å². The maximum atomic E-state index is 12.2. The first-order valence-corrected chi connectivity index (χ1v) is 9.16. The number of amides is 1. The molecule has 0 saturated heterocycles. The van der Waals surface area contributed by atoms with Gasteiger partial charge in [0.05, 0.1) is 29.3 Å². The Bertz CT molecular complexity index is 719. The van der Waals surface area contributed by atoms with Gasteiger partial charge in [0.15, 0.2) is 0 Å². The Labute approximate surface area is 143 Å². The number of ether oxygens (including phenoxy) is 1. The lowest BCUT2D eigenvalue weighted by Crippen LogP contribution is -2.17. The van der Waals surface area contributed by atoms with E-state index in [1.54, 1.807) is 6.92 Å². The number of nitrogens with one attached hydrogen (secondary N) is 1. The molecule has 0 atom stereocenters. The number of thiophene rings is 1. The number of aryl methyl sites for hydroxylation is 2. The van der Waals surface area contributed by atoms with Crippen molar-refractivity contribution in [1.82, 2.24) is 4.98 Å². The van der Waals surface area contributed by atoms with Gasteiger partial charge in [0.25, 0.3) is 0 Å². The van der Waals surface area contributed by atoms with Gasteiger partial charge in [-0.25, -0.2) is 9.78 Å². The summed E-state index contributed by atoms with van der Waals surface area (Å²) in [5.74, 6) is -0.557. The normalized spacial score (nSPS) is 10.6. The second-order valence-corrected chi connectivity index (χ2v) is 7.28. The van der Waals surface area contributed by atoms with Gasteiger partial charge in [-0.15, -0.1) is 22.7 Å². The minimum Gasteiger partial charge on any atom is -0.462 e. The smallest absolute Gasteiger partial charge is 0.341 e. The lowest BCUT2D eigenvalue weighted by Gasteiger charge is -2.07. The second-order valence-electron chi connectivity index (χ2n) is 5.00. The summed E-state index contributed by atoms with van der Waals surface area (Å²) in [7, 11) is 0. The van der Waals surface area contributed by atoms with Gasteiger partial charge >= 0.3 is 5.97 Å². The number of carbonyl (C=O) groups excluding carboxylic acids is 2. The maximum Gasteiger partial charge on any atom is 0.341 e. The van der Waals surface area contributed by atoms with Crippen LogP contribution in [0.4, 0.5) is 5.00 Å². The molecular weight excluding hydrogens is 332 g/mol. The van der Waals surface area contributed by atoms with Gasteiger partial charge in [0.2, 0.25) is 5.91 Å². The number of hydrogen-bond donors (Lipinski definition) is 1. The molecule has 0 bridgehead atoms. The van der Waals surface area contributed by atoms with Crippen LogP contribution >= 0.6 is 22.7 Å². The van der Waals surface area contributed by atoms with Crippen molar-refractivity contribution >= 4 is 39.6 Å². The third kappa shape index (κ3) is 4.17. The molecule has 23 heavy (non-hydrogen) atoms. The highest BCUT2D eigenvalue weighted by Gasteiger charge is 2.23. The molecule has 2 aromatic rings. The number of thiazole rings is 1. The Kier molecular flexibility index (Phi) is 5.90. The van der Waals surface area contributed by atoms with Gasteiger partial charge in [-0.05, 0) is 32.8 Å². The molecule has 0 spiro atoms. The maximum absolute atomic E-state index is 12.2. The molecule has 0 aliphatic rings. The Morgan fingerprint density at radius 3 is 2.61 bits per heavy atom. The molecule has 0 aliphatic heterocycles. The van der Waals surface area contributed by atoms with E-state index in [2.05, 4.69) is 10.3 Å². The topological polar surface area (TPSA) is 68.3 Å². The van der Waals surface area contributed by atoms with Crippen molar-refractivity contribution in [2.45, 2.75) is 40.5 Å². The molecule has 2 heterocycles. The van der Waals surface area contributed by atoms with E-state index in [0.717, 1.165) is 27.6 Å². The zero-order valence-electron chi connectivity index (χ0n) is 13.7. The third-order valence-corrected chi connectivity index (χ3v) is 5.19. The summed E-state index contributed by atoms with van der Waals surface area (Å²) in [4.78, 5) is 29.8.